The van der Waals surface area contributed by atoms with Crippen molar-refractivity contribution >= 4 is 0 Å². The molecular formula is C22H20. The Labute approximate surface area is 132 Å². The van der Waals surface area contributed by atoms with Crippen molar-refractivity contribution in [3.8, 4) is 11.1 Å². The molecule has 0 aromatic heterocycles. The van der Waals surface area contributed by atoms with Gasteiger partial charge in [-0.3, -0.25) is 0 Å². The molecule has 1 aliphatic carbocycles. The molecule has 0 bridgehead atoms. The number of benzene rings is 3. The highest BCUT2D eigenvalue weighted by atomic mass is 14.2. The molecule has 3 aromatic rings. The zero-order valence-electron chi connectivity index (χ0n) is 13.2. The molecule has 0 amide bonds. The number of hydrogen-bond donors (Lipinski definition) is 0. The van der Waals surface area contributed by atoms with Gasteiger partial charge in [-0.25, -0.2) is 0 Å². The Morgan fingerprint density at radius 2 is 1.50 bits per heavy atom. The van der Waals surface area contributed by atoms with Crippen molar-refractivity contribution in [2.45, 2.75) is 26.7 Å². The number of aryl methyl sites for hydroxylation is 2. The van der Waals surface area contributed by atoms with E-state index in [4.69, 9.17) is 0 Å². The fraction of sp³-hybridized carbons (Fsp3) is 0.182. The van der Waals surface area contributed by atoms with Crippen molar-refractivity contribution < 1.29 is 0 Å². The largest absolute Gasteiger partial charge is 0.0619 e. The minimum atomic E-state index is 1.03. The van der Waals surface area contributed by atoms with Crippen LogP contribution in [0.4, 0.5) is 0 Å². The van der Waals surface area contributed by atoms with E-state index in [1.807, 2.05) is 0 Å². The Morgan fingerprint density at radius 3 is 2.32 bits per heavy atom. The maximum Gasteiger partial charge on any atom is -0.00106 e. The van der Waals surface area contributed by atoms with E-state index in [1.165, 1.54) is 44.5 Å². The Kier molecular flexibility index (Phi) is 3.11. The Balaban J connectivity index is 1.76. The third kappa shape index (κ3) is 2.25. The van der Waals surface area contributed by atoms with Gasteiger partial charge in [-0.15, -0.1) is 0 Å². The minimum absolute atomic E-state index is 1.03. The second-order valence-corrected chi connectivity index (χ2v) is 6.45. The van der Waals surface area contributed by atoms with Crippen LogP contribution in [0.25, 0.3) is 11.1 Å². The summed E-state index contributed by atoms with van der Waals surface area (Å²) >= 11 is 0. The summed E-state index contributed by atoms with van der Waals surface area (Å²) in [6.45, 7) is 4.36. The second kappa shape index (κ2) is 5.14. The van der Waals surface area contributed by atoms with E-state index < -0.39 is 0 Å². The topological polar surface area (TPSA) is 0 Å². The summed E-state index contributed by atoms with van der Waals surface area (Å²) in [6, 6.07) is 22.4. The first-order valence-electron chi connectivity index (χ1n) is 7.97. The molecule has 0 fully saturated rings. The molecule has 4 rings (SSSR count). The summed E-state index contributed by atoms with van der Waals surface area (Å²) < 4.78 is 0. The first kappa shape index (κ1) is 13.3. The maximum atomic E-state index is 2.31. The number of fused-ring (bicyclic) bond motifs is 3. The molecule has 3 aromatic carbocycles. The van der Waals surface area contributed by atoms with Gasteiger partial charge in [0.2, 0.25) is 0 Å². The van der Waals surface area contributed by atoms with Crippen molar-refractivity contribution in [1.82, 2.24) is 0 Å². The van der Waals surface area contributed by atoms with Crippen LogP contribution in [0.2, 0.25) is 0 Å². The molecule has 0 atom stereocenters. The third-order valence-electron chi connectivity index (χ3n) is 4.62. The molecule has 0 aliphatic heterocycles. The average Bonchev–Trinajstić information content (AvgIpc) is 2.86. The molecule has 0 N–H and O–H groups in total. The zero-order chi connectivity index (χ0) is 15.1. The van der Waals surface area contributed by atoms with Gasteiger partial charge in [0.1, 0.15) is 0 Å². The Hall–Kier alpha value is -2.34. The first-order valence-corrected chi connectivity index (χ1v) is 7.97. The quantitative estimate of drug-likeness (QED) is 0.458. The highest BCUT2D eigenvalue weighted by Crippen LogP contribution is 2.38. The van der Waals surface area contributed by atoms with Gasteiger partial charge in [0.25, 0.3) is 0 Å². The highest BCUT2D eigenvalue weighted by molar-refractivity contribution is 5.78. The van der Waals surface area contributed by atoms with Gasteiger partial charge in [-0.2, -0.15) is 0 Å². The van der Waals surface area contributed by atoms with Crippen molar-refractivity contribution in [3.05, 3.63) is 94.0 Å². The van der Waals surface area contributed by atoms with Crippen molar-refractivity contribution in [2.24, 2.45) is 0 Å². The fourth-order valence-corrected chi connectivity index (χ4v) is 3.78. The molecule has 0 radical (unpaired) electrons. The second-order valence-electron chi connectivity index (χ2n) is 6.45. The lowest BCUT2D eigenvalue weighted by Gasteiger charge is -2.10. The maximum absolute atomic E-state index is 2.31. The van der Waals surface area contributed by atoms with E-state index in [-0.39, 0.29) is 0 Å². The summed E-state index contributed by atoms with van der Waals surface area (Å²) in [5.74, 6) is 0. The molecule has 0 spiro atoms. The molecular weight excluding hydrogens is 264 g/mol. The Bertz CT molecular complexity index is 835. The third-order valence-corrected chi connectivity index (χ3v) is 4.62. The summed E-state index contributed by atoms with van der Waals surface area (Å²) in [5.41, 5.74) is 11.4. The lowest BCUT2D eigenvalue weighted by molar-refractivity contribution is 1.11. The molecule has 0 unspecified atom stereocenters. The predicted octanol–water partition coefficient (Wildman–Crippen LogP) is 5.47. The number of rotatable bonds is 2. The van der Waals surface area contributed by atoms with Crippen LogP contribution in [-0.2, 0) is 12.8 Å². The van der Waals surface area contributed by atoms with Gasteiger partial charge in [0.05, 0.1) is 0 Å². The van der Waals surface area contributed by atoms with Crippen LogP contribution in [0.5, 0.6) is 0 Å². The fourth-order valence-electron chi connectivity index (χ4n) is 3.78. The molecule has 1 aliphatic rings. The van der Waals surface area contributed by atoms with Gasteiger partial charge in [0, 0.05) is 0 Å². The van der Waals surface area contributed by atoms with E-state index in [2.05, 4.69) is 74.5 Å². The van der Waals surface area contributed by atoms with Crippen molar-refractivity contribution in [2.75, 3.05) is 0 Å². The van der Waals surface area contributed by atoms with E-state index in [1.54, 1.807) is 0 Å². The van der Waals surface area contributed by atoms with E-state index in [0.29, 0.717) is 0 Å². The zero-order valence-corrected chi connectivity index (χ0v) is 13.2. The van der Waals surface area contributed by atoms with Gasteiger partial charge in [-0.1, -0.05) is 71.8 Å². The van der Waals surface area contributed by atoms with Gasteiger partial charge in [-0.05, 0) is 60.1 Å². The van der Waals surface area contributed by atoms with Crippen molar-refractivity contribution in [1.29, 1.82) is 0 Å². The average molecular weight is 284 g/mol. The van der Waals surface area contributed by atoms with Crippen LogP contribution >= 0.6 is 0 Å². The highest BCUT2D eigenvalue weighted by Gasteiger charge is 2.20. The van der Waals surface area contributed by atoms with E-state index in [0.717, 1.165) is 12.8 Å². The molecule has 0 heteroatoms. The summed E-state index contributed by atoms with van der Waals surface area (Å²) in [4.78, 5) is 0. The van der Waals surface area contributed by atoms with E-state index >= 15 is 0 Å². The molecule has 0 heterocycles. The minimum Gasteiger partial charge on any atom is -0.0619 e. The van der Waals surface area contributed by atoms with Crippen LogP contribution in [0.1, 0.15) is 33.4 Å². The summed E-state index contributed by atoms with van der Waals surface area (Å²) in [5, 5.41) is 0. The summed E-state index contributed by atoms with van der Waals surface area (Å²) in [7, 11) is 0. The van der Waals surface area contributed by atoms with E-state index in [9.17, 15) is 0 Å². The predicted molar refractivity (Wildman–Crippen MR) is 93.4 cm³/mol. The van der Waals surface area contributed by atoms with Crippen LogP contribution in [-0.4, -0.2) is 0 Å². The Morgan fingerprint density at radius 1 is 0.773 bits per heavy atom. The van der Waals surface area contributed by atoms with Crippen LogP contribution < -0.4 is 0 Å². The molecule has 0 saturated carbocycles. The first-order chi connectivity index (χ1) is 10.7. The van der Waals surface area contributed by atoms with Crippen LogP contribution in [0, 0.1) is 13.8 Å². The lowest BCUT2D eigenvalue weighted by atomic mass is 9.94. The normalized spacial score (nSPS) is 12.1. The monoisotopic (exact) mass is 284 g/mol. The van der Waals surface area contributed by atoms with Crippen molar-refractivity contribution in [3.63, 3.8) is 0 Å². The van der Waals surface area contributed by atoms with Crippen LogP contribution in [0.3, 0.4) is 0 Å². The molecule has 0 saturated heterocycles. The smallest absolute Gasteiger partial charge is 0.00106 e. The number of hydrogen-bond acceptors (Lipinski definition) is 0. The van der Waals surface area contributed by atoms with Gasteiger partial charge in [0.15, 0.2) is 0 Å². The lowest BCUT2D eigenvalue weighted by Crippen LogP contribution is -1.96. The summed E-state index contributed by atoms with van der Waals surface area (Å²) in [6.07, 6.45) is 2.10. The molecule has 108 valence electrons. The molecule has 0 nitrogen and oxygen atoms in total. The SMILES string of the molecule is Cc1cc(C)cc(Cc2cccc3c2Cc2ccccc2-3)c1. The van der Waals surface area contributed by atoms with Crippen LogP contribution in [0.15, 0.2) is 60.7 Å². The standard InChI is InChI=1S/C22H20/c1-15-10-16(2)12-17(11-15)13-18-7-5-9-21-20-8-4-3-6-19(20)14-22(18)21/h3-12H,13-14H2,1-2H3. The van der Waals surface area contributed by atoms with Gasteiger partial charge < -0.3 is 0 Å². The molecule has 22 heavy (non-hydrogen) atoms. The van der Waals surface area contributed by atoms with Gasteiger partial charge >= 0.3 is 0 Å².